The third kappa shape index (κ3) is 4.56. The number of rotatable bonds is 8. The first kappa shape index (κ1) is 21.3. The van der Waals surface area contributed by atoms with Gasteiger partial charge in [-0.05, 0) is 54.2 Å². The highest BCUT2D eigenvalue weighted by Gasteiger charge is 2.27. The lowest BCUT2D eigenvalue weighted by molar-refractivity contribution is -0.124. The SMILES string of the molecule is Cc1cn(CCN(CCO)C2CCc3cc(C=CC(=O)NO)ccc32)c2ccccc12. The Hall–Kier alpha value is -2.93. The van der Waals surface area contributed by atoms with E-state index in [9.17, 15) is 9.90 Å². The Morgan fingerprint density at radius 1 is 1.26 bits per heavy atom. The van der Waals surface area contributed by atoms with E-state index in [0.29, 0.717) is 6.54 Å². The summed E-state index contributed by atoms with van der Waals surface area (Å²) in [4.78, 5) is 13.6. The van der Waals surface area contributed by atoms with Crippen LogP contribution in [0.5, 0.6) is 0 Å². The molecule has 1 amide bonds. The fourth-order valence-electron chi connectivity index (χ4n) is 4.71. The summed E-state index contributed by atoms with van der Waals surface area (Å²) in [5.74, 6) is -0.541. The van der Waals surface area contributed by atoms with Crippen molar-refractivity contribution in [2.24, 2.45) is 0 Å². The number of aliphatic hydroxyl groups excluding tert-OH is 1. The van der Waals surface area contributed by atoms with Crippen molar-refractivity contribution in [3.8, 4) is 0 Å². The van der Waals surface area contributed by atoms with Gasteiger partial charge in [0.2, 0.25) is 0 Å². The van der Waals surface area contributed by atoms with Gasteiger partial charge in [-0.25, -0.2) is 5.48 Å². The maximum atomic E-state index is 11.2. The number of carbonyl (C=O) groups is 1. The Morgan fingerprint density at radius 3 is 2.90 bits per heavy atom. The number of aromatic nitrogens is 1. The molecule has 1 aliphatic carbocycles. The number of aliphatic hydroxyl groups is 1. The zero-order valence-electron chi connectivity index (χ0n) is 17.8. The van der Waals surface area contributed by atoms with Crippen LogP contribution >= 0.6 is 0 Å². The quantitative estimate of drug-likeness (QED) is 0.297. The number of hydroxylamine groups is 1. The van der Waals surface area contributed by atoms with Gasteiger partial charge in [-0.3, -0.25) is 14.9 Å². The number of nitrogens with zero attached hydrogens (tertiary/aromatic N) is 2. The van der Waals surface area contributed by atoms with E-state index in [0.717, 1.165) is 31.5 Å². The predicted octanol–water partition coefficient (Wildman–Crippen LogP) is 3.45. The molecule has 0 saturated heterocycles. The third-order valence-corrected chi connectivity index (χ3v) is 6.19. The number of nitrogens with one attached hydrogen (secondary N) is 1. The van der Waals surface area contributed by atoms with E-state index >= 15 is 0 Å². The predicted molar refractivity (Wildman–Crippen MR) is 122 cm³/mol. The van der Waals surface area contributed by atoms with Crippen LogP contribution in [0.4, 0.5) is 0 Å². The Balaban J connectivity index is 1.51. The van der Waals surface area contributed by atoms with Gasteiger partial charge in [0.1, 0.15) is 0 Å². The molecular formula is C25H29N3O3. The molecule has 1 aliphatic rings. The van der Waals surface area contributed by atoms with Gasteiger partial charge < -0.3 is 9.67 Å². The number of aryl methyl sites for hydroxylation is 2. The largest absolute Gasteiger partial charge is 0.395 e. The second kappa shape index (κ2) is 9.47. The molecule has 0 bridgehead atoms. The normalized spacial score (nSPS) is 15.8. The van der Waals surface area contributed by atoms with Crippen LogP contribution in [0.15, 0.2) is 54.7 Å². The molecule has 162 valence electrons. The summed E-state index contributed by atoms with van der Waals surface area (Å²) < 4.78 is 2.31. The van der Waals surface area contributed by atoms with Gasteiger partial charge in [-0.15, -0.1) is 0 Å². The molecule has 6 nitrogen and oxygen atoms in total. The summed E-state index contributed by atoms with van der Waals surface area (Å²) in [7, 11) is 0. The van der Waals surface area contributed by atoms with E-state index < -0.39 is 5.91 Å². The van der Waals surface area contributed by atoms with Crippen molar-refractivity contribution < 1.29 is 15.1 Å². The minimum Gasteiger partial charge on any atom is -0.395 e. The van der Waals surface area contributed by atoms with Crippen LogP contribution in [0.3, 0.4) is 0 Å². The van der Waals surface area contributed by atoms with Crippen molar-refractivity contribution in [1.29, 1.82) is 0 Å². The number of hydrogen-bond donors (Lipinski definition) is 3. The molecule has 3 N–H and O–H groups in total. The van der Waals surface area contributed by atoms with Crippen molar-refractivity contribution >= 4 is 22.9 Å². The molecule has 2 aromatic carbocycles. The molecule has 4 rings (SSSR count). The number of para-hydroxylation sites is 1. The number of carbonyl (C=O) groups excluding carboxylic acids is 1. The molecule has 0 spiro atoms. The molecule has 1 heterocycles. The molecule has 31 heavy (non-hydrogen) atoms. The summed E-state index contributed by atoms with van der Waals surface area (Å²) in [5, 5.41) is 19.6. The average Bonchev–Trinajstić information content (AvgIpc) is 3.36. The first-order chi connectivity index (χ1) is 15.1. The first-order valence-electron chi connectivity index (χ1n) is 10.7. The van der Waals surface area contributed by atoms with Crippen molar-refractivity contribution in [3.05, 3.63) is 77.0 Å². The second-order valence-electron chi connectivity index (χ2n) is 8.10. The number of fused-ring (bicyclic) bond motifs is 2. The zero-order chi connectivity index (χ0) is 21.8. The number of hydrogen-bond acceptors (Lipinski definition) is 4. The average molecular weight is 420 g/mol. The molecule has 0 radical (unpaired) electrons. The second-order valence-corrected chi connectivity index (χ2v) is 8.10. The Kier molecular flexibility index (Phi) is 6.51. The van der Waals surface area contributed by atoms with E-state index in [1.807, 2.05) is 6.07 Å². The van der Waals surface area contributed by atoms with Crippen LogP contribution in [0.25, 0.3) is 17.0 Å². The fraction of sp³-hybridized carbons (Fsp3) is 0.320. The van der Waals surface area contributed by atoms with Crippen LogP contribution < -0.4 is 5.48 Å². The van der Waals surface area contributed by atoms with Crippen molar-refractivity contribution in [3.63, 3.8) is 0 Å². The smallest absolute Gasteiger partial charge is 0.267 e. The number of benzene rings is 2. The molecule has 6 heteroatoms. The van der Waals surface area contributed by atoms with Gasteiger partial charge >= 0.3 is 0 Å². The molecule has 1 aromatic heterocycles. The topological polar surface area (TPSA) is 77.7 Å². The maximum absolute atomic E-state index is 11.2. The molecule has 0 fully saturated rings. The molecule has 0 saturated carbocycles. The highest BCUT2D eigenvalue weighted by molar-refractivity contribution is 5.90. The minimum atomic E-state index is -0.541. The molecule has 1 unspecified atom stereocenters. The third-order valence-electron chi connectivity index (χ3n) is 6.19. The minimum absolute atomic E-state index is 0.133. The first-order valence-corrected chi connectivity index (χ1v) is 10.7. The highest BCUT2D eigenvalue weighted by Crippen LogP contribution is 2.36. The van der Waals surface area contributed by atoms with Gasteiger partial charge in [-0.2, -0.15) is 0 Å². The van der Waals surface area contributed by atoms with E-state index in [2.05, 4.69) is 59.0 Å². The lowest BCUT2D eigenvalue weighted by Crippen LogP contribution is -2.33. The van der Waals surface area contributed by atoms with Crippen LogP contribution in [0, 0.1) is 6.92 Å². The Morgan fingerprint density at radius 2 is 2.10 bits per heavy atom. The molecule has 3 aromatic rings. The highest BCUT2D eigenvalue weighted by atomic mass is 16.5. The van der Waals surface area contributed by atoms with Crippen LogP contribution in [-0.2, 0) is 17.8 Å². The summed E-state index contributed by atoms with van der Waals surface area (Å²) in [6, 6.07) is 15.0. The number of amides is 1. The van der Waals surface area contributed by atoms with Gasteiger partial charge in [0.15, 0.2) is 0 Å². The lowest BCUT2D eigenvalue weighted by Gasteiger charge is -2.29. The Labute approximate surface area is 182 Å². The molecule has 0 aliphatic heterocycles. The standard InChI is InChI=1S/C25H29N3O3/c1-18-17-28(23-5-3-2-4-21(18)23)13-12-27(14-15-29)24-10-8-20-16-19(6-9-22(20)24)7-11-25(30)26-31/h2-7,9,11,16-17,24,29,31H,8,10,12-15H2,1H3,(H,26,30). The summed E-state index contributed by atoms with van der Waals surface area (Å²) in [6.45, 7) is 4.65. The van der Waals surface area contributed by atoms with E-state index in [4.69, 9.17) is 5.21 Å². The van der Waals surface area contributed by atoms with Crippen LogP contribution in [0.2, 0.25) is 0 Å². The van der Waals surface area contributed by atoms with Gasteiger partial charge in [0.05, 0.1) is 6.61 Å². The zero-order valence-corrected chi connectivity index (χ0v) is 17.8. The Bertz CT molecular complexity index is 1100. The van der Waals surface area contributed by atoms with Crippen molar-refractivity contribution in [2.45, 2.75) is 32.4 Å². The van der Waals surface area contributed by atoms with Crippen LogP contribution in [-0.4, -0.2) is 45.4 Å². The monoisotopic (exact) mass is 419 g/mol. The fourth-order valence-corrected chi connectivity index (χ4v) is 4.71. The van der Waals surface area contributed by atoms with E-state index in [1.165, 1.54) is 33.7 Å². The lowest BCUT2D eigenvalue weighted by atomic mass is 10.0. The van der Waals surface area contributed by atoms with Crippen molar-refractivity contribution in [1.82, 2.24) is 14.9 Å². The maximum Gasteiger partial charge on any atom is 0.267 e. The van der Waals surface area contributed by atoms with Gasteiger partial charge in [-0.1, -0.05) is 36.4 Å². The summed E-state index contributed by atoms with van der Waals surface area (Å²) >= 11 is 0. The van der Waals surface area contributed by atoms with Gasteiger partial charge in [0.25, 0.3) is 5.91 Å². The van der Waals surface area contributed by atoms with Gasteiger partial charge in [0, 0.05) is 48.9 Å². The van der Waals surface area contributed by atoms with E-state index in [1.54, 1.807) is 11.6 Å². The van der Waals surface area contributed by atoms with Crippen molar-refractivity contribution in [2.75, 3.05) is 19.7 Å². The summed E-state index contributed by atoms with van der Waals surface area (Å²) in [6.07, 6.45) is 7.22. The van der Waals surface area contributed by atoms with Crippen LogP contribution in [0.1, 0.15) is 34.7 Å². The molecular weight excluding hydrogens is 390 g/mol. The molecule has 1 atom stereocenters. The van der Waals surface area contributed by atoms with E-state index in [-0.39, 0.29) is 12.6 Å². The summed E-state index contributed by atoms with van der Waals surface area (Å²) in [5.41, 5.74) is 7.65.